The first-order valence-corrected chi connectivity index (χ1v) is 6.43. The summed E-state index contributed by atoms with van der Waals surface area (Å²) in [6.07, 6.45) is 6.01. The van der Waals surface area contributed by atoms with Crippen molar-refractivity contribution < 1.29 is 9.53 Å². The lowest BCUT2D eigenvalue weighted by Crippen LogP contribution is -2.50. The van der Waals surface area contributed by atoms with E-state index in [-0.39, 0.29) is 24.2 Å². The van der Waals surface area contributed by atoms with Gasteiger partial charge in [0.2, 0.25) is 0 Å². The zero-order valence-electron chi connectivity index (χ0n) is 11.1. The molecular weight excluding hydrogens is 216 g/mol. The third-order valence-electron chi connectivity index (χ3n) is 3.31. The zero-order valence-corrected chi connectivity index (χ0v) is 11.1. The van der Waals surface area contributed by atoms with Gasteiger partial charge in [-0.3, -0.25) is 9.69 Å². The molecule has 0 aromatic carbocycles. The highest BCUT2D eigenvalue weighted by Gasteiger charge is 2.28. The Kier molecular flexibility index (Phi) is 5.65. The number of esters is 1. The fourth-order valence-electron chi connectivity index (χ4n) is 1.96. The third kappa shape index (κ3) is 3.82. The van der Waals surface area contributed by atoms with Gasteiger partial charge in [0.15, 0.2) is 0 Å². The summed E-state index contributed by atoms with van der Waals surface area (Å²) < 4.78 is 5.36. The van der Waals surface area contributed by atoms with Crippen molar-refractivity contribution in [1.29, 1.82) is 0 Å². The van der Waals surface area contributed by atoms with Gasteiger partial charge >= 0.3 is 5.97 Å². The highest BCUT2D eigenvalue weighted by atomic mass is 16.5. The SMILES string of the molecule is CCC(C)OC(=O)C(C)N1CCC=CC1CN. The number of carbonyl (C=O) groups excluding carboxylic acids is 1. The van der Waals surface area contributed by atoms with E-state index in [9.17, 15) is 4.79 Å². The zero-order chi connectivity index (χ0) is 12.8. The maximum atomic E-state index is 11.9. The summed E-state index contributed by atoms with van der Waals surface area (Å²) >= 11 is 0. The van der Waals surface area contributed by atoms with E-state index in [0.717, 1.165) is 19.4 Å². The molecule has 1 aliphatic heterocycles. The first-order chi connectivity index (χ1) is 8.10. The second kappa shape index (κ2) is 6.77. The largest absolute Gasteiger partial charge is 0.462 e. The first-order valence-electron chi connectivity index (χ1n) is 6.43. The van der Waals surface area contributed by atoms with Crippen LogP contribution in [0.25, 0.3) is 0 Å². The molecule has 0 fully saturated rings. The molecule has 0 amide bonds. The molecule has 0 saturated heterocycles. The molecule has 0 saturated carbocycles. The predicted molar refractivity (Wildman–Crippen MR) is 68.6 cm³/mol. The molecule has 3 atom stereocenters. The van der Waals surface area contributed by atoms with Crippen molar-refractivity contribution in [2.75, 3.05) is 13.1 Å². The smallest absolute Gasteiger partial charge is 0.323 e. The second-order valence-corrected chi connectivity index (χ2v) is 4.59. The van der Waals surface area contributed by atoms with Gasteiger partial charge in [0.05, 0.1) is 6.10 Å². The molecule has 4 heteroatoms. The minimum absolute atomic E-state index is 0.0124. The quantitative estimate of drug-likeness (QED) is 0.581. The summed E-state index contributed by atoms with van der Waals surface area (Å²) in [5, 5.41) is 0. The Morgan fingerprint density at radius 1 is 1.59 bits per heavy atom. The van der Waals surface area contributed by atoms with Crippen LogP contribution >= 0.6 is 0 Å². The van der Waals surface area contributed by atoms with Crippen LogP contribution in [0.4, 0.5) is 0 Å². The lowest BCUT2D eigenvalue weighted by molar-refractivity contribution is -0.154. The number of hydrogen-bond acceptors (Lipinski definition) is 4. The summed E-state index contributed by atoms with van der Waals surface area (Å²) in [7, 11) is 0. The summed E-state index contributed by atoms with van der Waals surface area (Å²) in [5.74, 6) is -0.145. The van der Waals surface area contributed by atoms with E-state index >= 15 is 0 Å². The molecule has 17 heavy (non-hydrogen) atoms. The molecule has 0 radical (unpaired) electrons. The number of carbonyl (C=O) groups is 1. The normalized spacial score (nSPS) is 24.4. The van der Waals surface area contributed by atoms with Crippen LogP contribution in [0, 0.1) is 0 Å². The van der Waals surface area contributed by atoms with E-state index in [4.69, 9.17) is 10.5 Å². The summed E-state index contributed by atoms with van der Waals surface area (Å²) in [4.78, 5) is 14.1. The molecule has 0 aromatic heterocycles. The topological polar surface area (TPSA) is 55.6 Å². The summed E-state index contributed by atoms with van der Waals surface area (Å²) in [5.41, 5.74) is 5.71. The minimum Gasteiger partial charge on any atom is -0.462 e. The lowest BCUT2D eigenvalue weighted by Gasteiger charge is -2.35. The standard InChI is InChI=1S/C13H24N2O2/c1-4-10(2)17-13(16)11(3)15-8-6-5-7-12(15)9-14/h5,7,10-12H,4,6,8-9,14H2,1-3H3. The maximum absolute atomic E-state index is 11.9. The molecule has 2 N–H and O–H groups in total. The van der Waals surface area contributed by atoms with Gasteiger partial charge in [-0.2, -0.15) is 0 Å². The molecule has 3 unspecified atom stereocenters. The molecule has 1 aliphatic rings. The van der Waals surface area contributed by atoms with Gasteiger partial charge in [-0.1, -0.05) is 19.1 Å². The Bertz CT molecular complexity index is 279. The average Bonchev–Trinajstić information content (AvgIpc) is 2.37. The van der Waals surface area contributed by atoms with E-state index < -0.39 is 0 Å². The number of ether oxygens (including phenoxy) is 1. The molecule has 0 aromatic rings. The molecule has 0 spiro atoms. The first kappa shape index (κ1) is 14.2. The Hall–Kier alpha value is -0.870. The summed E-state index contributed by atoms with van der Waals surface area (Å²) in [6.45, 7) is 7.23. The van der Waals surface area contributed by atoms with E-state index in [0.29, 0.717) is 6.54 Å². The van der Waals surface area contributed by atoms with Crippen LogP contribution < -0.4 is 5.73 Å². The van der Waals surface area contributed by atoms with Crippen LogP contribution in [0.3, 0.4) is 0 Å². The van der Waals surface area contributed by atoms with Crippen molar-refractivity contribution in [3.05, 3.63) is 12.2 Å². The van der Waals surface area contributed by atoms with Crippen molar-refractivity contribution in [2.24, 2.45) is 5.73 Å². The Morgan fingerprint density at radius 2 is 2.29 bits per heavy atom. The Balaban J connectivity index is 2.58. The van der Waals surface area contributed by atoms with Crippen molar-refractivity contribution in [2.45, 2.75) is 51.8 Å². The molecule has 0 bridgehead atoms. The van der Waals surface area contributed by atoms with E-state index in [2.05, 4.69) is 17.1 Å². The van der Waals surface area contributed by atoms with Gasteiger partial charge in [-0.15, -0.1) is 0 Å². The molecular formula is C13H24N2O2. The molecule has 0 aliphatic carbocycles. The van der Waals surface area contributed by atoms with Crippen LogP contribution in [0.15, 0.2) is 12.2 Å². The number of nitrogens with zero attached hydrogens (tertiary/aromatic N) is 1. The molecule has 4 nitrogen and oxygen atoms in total. The van der Waals surface area contributed by atoms with Gasteiger partial charge in [0.25, 0.3) is 0 Å². The number of rotatable bonds is 5. The highest BCUT2D eigenvalue weighted by molar-refractivity contribution is 5.75. The van der Waals surface area contributed by atoms with Gasteiger partial charge in [-0.05, 0) is 26.7 Å². The van der Waals surface area contributed by atoms with Crippen LogP contribution in [-0.4, -0.2) is 42.1 Å². The van der Waals surface area contributed by atoms with Crippen LogP contribution in [0.1, 0.15) is 33.6 Å². The van der Waals surface area contributed by atoms with Crippen LogP contribution in [-0.2, 0) is 9.53 Å². The van der Waals surface area contributed by atoms with Crippen molar-refractivity contribution in [3.8, 4) is 0 Å². The van der Waals surface area contributed by atoms with E-state index in [1.807, 2.05) is 20.8 Å². The van der Waals surface area contributed by atoms with Crippen molar-refractivity contribution in [1.82, 2.24) is 4.90 Å². The van der Waals surface area contributed by atoms with Gasteiger partial charge in [-0.25, -0.2) is 0 Å². The van der Waals surface area contributed by atoms with Gasteiger partial charge in [0.1, 0.15) is 6.04 Å². The average molecular weight is 240 g/mol. The Labute approximate surface area is 104 Å². The lowest BCUT2D eigenvalue weighted by atomic mass is 10.1. The van der Waals surface area contributed by atoms with Crippen molar-refractivity contribution in [3.63, 3.8) is 0 Å². The molecule has 1 rings (SSSR count). The van der Waals surface area contributed by atoms with Crippen LogP contribution in [0.2, 0.25) is 0 Å². The van der Waals surface area contributed by atoms with Gasteiger partial charge in [0, 0.05) is 19.1 Å². The van der Waals surface area contributed by atoms with E-state index in [1.54, 1.807) is 0 Å². The Morgan fingerprint density at radius 3 is 2.88 bits per heavy atom. The molecule has 1 heterocycles. The van der Waals surface area contributed by atoms with Crippen molar-refractivity contribution >= 4 is 5.97 Å². The third-order valence-corrected chi connectivity index (χ3v) is 3.31. The molecule has 98 valence electrons. The van der Waals surface area contributed by atoms with E-state index in [1.165, 1.54) is 0 Å². The number of hydrogen-bond donors (Lipinski definition) is 1. The number of nitrogens with two attached hydrogens (primary N) is 1. The second-order valence-electron chi connectivity index (χ2n) is 4.59. The van der Waals surface area contributed by atoms with Gasteiger partial charge < -0.3 is 10.5 Å². The fraction of sp³-hybridized carbons (Fsp3) is 0.769. The predicted octanol–water partition coefficient (Wildman–Crippen LogP) is 1.31. The fourth-order valence-corrected chi connectivity index (χ4v) is 1.96. The minimum atomic E-state index is -0.220. The monoisotopic (exact) mass is 240 g/mol. The highest BCUT2D eigenvalue weighted by Crippen LogP contribution is 2.15. The maximum Gasteiger partial charge on any atom is 0.323 e. The summed E-state index contributed by atoms with van der Waals surface area (Å²) in [6, 6.07) is -0.0641. The van der Waals surface area contributed by atoms with Crippen LogP contribution in [0.5, 0.6) is 0 Å².